The molecule has 0 aliphatic carbocycles. The van der Waals surface area contributed by atoms with Gasteiger partial charge in [0.05, 0.1) is 18.1 Å². The average molecular weight is 491 g/mol. The van der Waals surface area contributed by atoms with Crippen LogP contribution in [-0.2, 0) is 23.9 Å². The van der Waals surface area contributed by atoms with E-state index in [0.29, 0.717) is 45.2 Å². The lowest BCUT2D eigenvalue weighted by atomic mass is 9.66. The van der Waals surface area contributed by atoms with Crippen LogP contribution >= 0.6 is 0 Å². The van der Waals surface area contributed by atoms with Crippen molar-refractivity contribution >= 4 is 17.8 Å². The number of hydrogen-bond donors (Lipinski definition) is 1. The number of likely N-dealkylation sites (tertiary alicyclic amines) is 1. The van der Waals surface area contributed by atoms with E-state index < -0.39 is 35.0 Å². The number of carbonyl (C=O) groups excluding carboxylic acids is 3. The smallest absolute Gasteiger partial charge is 0.312 e. The summed E-state index contributed by atoms with van der Waals surface area (Å²) in [6.45, 7) is 14.4. The van der Waals surface area contributed by atoms with Crippen molar-refractivity contribution in [2.75, 3.05) is 26.3 Å². The first-order valence-corrected chi connectivity index (χ1v) is 13.0. The Kier molecular flexibility index (Phi) is 8.81. The third-order valence-electron chi connectivity index (χ3n) is 7.99. The van der Waals surface area contributed by atoms with E-state index in [-0.39, 0.29) is 31.1 Å². The predicted molar refractivity (Wildman–Crippen MR) is 132 cm³/mol. The summed E-state index contributed by atoms with van der Waals surface area (Å²) in [6, 6.07) is -0.838. The molecule has 0 saturated carbocycles. The molecule has 8 nitrogen and oxygen atoms in total. The van der Waals surface area contributed by atoms with E-state index >= 15 is 0 Å². The molecule has 3 saturated heterocycles. The van der Waals surface area contributed by atoms with Crippen LogP contribution in [0.4, 0.5) is 0 Å². The van der Waals surface area contributed by atoms with Crippen LogP contribution < -0.4 is 0 Å². The molecule has 0 radical (unpaired) electrons. The van der Waals surface area contributed by atoms with Crippen molar-refractivity contribution in [1.29, 1.82) is 0 Å². The van der Waals surface area contributed by atoms with Crippen molar-refractivity contribution in [2.45, 2.75) is 89.0 Å². The van der Waals surface area contributed by atoms with Crippen molar-refractivity contribution in [1.82, 2.24) is 9.80 Å². The highest BCUT2D eigenvalue weighted by molar-refractivity contribution is 5.98. The van der Waals surface area contributed by atoms with Gasteiger partial charge in [-0.05, 0) is 52.4 Å². The molecule has 1 N–H and O–H groups in total. The number of rotatable bonds is 14. The van der Waals surface area contributed by atoms with Gasteiger partial charge in [-0.2, -0.15) is 0 Å². The first-order chi connectivity index (χ1) is 16.7. The molecule has 3 unspecified atom stereocenters. The number of fused-ring (bicyclic) bond motifs is 1. The summed E-state index contributed by atoms with van der Waals surface area (Å²) < 4.78 is 12.1. The third-order valence-corrected chi connectivity index (χ3v) is 7.99. The minimum atomic E-state index is -1.06. The first kappa shape index (κ1) is 27.4. The molecule has 2 bridgehead atoms. The van der Waals surface area contributed by atoms with Crippen LogP contribution in [-0.4, -0.2) is 82.3 Å². The van der Waals surface area contributed by atoms with Crippen LogP contribution in [0.2, 0.25) is 0 Å². The second-order valence-corrected chi connectivity index (χ2v) is 10.4. The predicted octanol–water partition coefficient (Wildman–Crippen LogP) is 2.85. The molecule has 0 aromatic rings. The number of nitrogens with zero attached hydrogens (tertiary/aromatic N) is 2. The number of esters is 1. The lowest BCUT2D eigenvalue weighted by molar-refractivity contribution is -0.160. The van der Waals surface area contributed by atoms with E-state index in [1.165, 1.54) is 0 Å². The molecule has 1 spiro atoms. The molecule has 3 rings (SSSR count). The molecule has 8 heteroatoms. The zero-order valence-electron chi connectivity index (χ0n) is 21.5. The number of aliphatic hydroxyl groups is 1. The first-order valence-electron chi connectivity index (χ1n) is 13.0. The number of hydrogen-bond acceptors (Lipinski definition) is 6. The summed E-state index contributed by atoms with van der Waals surface area (Å²) in [4.78, 5) is 44.7. The summed E-state index contributed by atoms with van der Waals surface area (Å²) >= 11 is 0. The van der Waals surface area contributed by atoms with Crippen LogP contribution in [0.5, 0.6) is 0 Å². The molecular weight excluding hydrogens is 448 g/mol. The number of unbranched alkanes of at least 4 members (excludes halogenated alkanes) is 1. The Hall–Kier alpha value is -2.19. The number of ether oxygens (including phenoxy) is 2. The fraction of sp³-hybridized carbons (Fsp3) is 0.741. The highest BCUT2D eigenvalue weighted by Crippen LogP contribution is 2.63. The van der Waals surface area contributed by atoms with E-state index in [1.807, 2.05) is 13.8 Å². The second-order valence-electron chi connectivity index (χ2n) is 10.4. The average Bonchev–Trinajstić information content (AvgIpc) is 3.38. The van der Waals surface area contributed by atoms with Crippen LogP contribution in [0.25, 0.3) is 0 Å². The van der Waals surface area contributed by atoms with Gasteiger partial charge in [-0.25, -0.2) is 0 Å². The monoisotopic (exact) mass is 490 g/mol. The molecule has 0 aromatic heterocycles. The highest BCUT2D eigenvalue weighted by Gasteiger charge is 2.78. The summed E-state index contributed by atoms with van der Waals surface area (Å²) in [5, 5.41) is 9.30. The van der Waals surface area contributed by atoms with Gasteiger partial charge in [0.2, 0.25) is 11.8 Å². The fourth-order valence-electron chi connectivity index (χ4n) is 6.39. The van der Waals surface area contributed by atoms with Gasteiger partial charge in [0, 0.05) is 25.7 Å². The molecule has 0 aromatic carbocycles. The molecule has 3 heterocycles. The Labute approximate surface area is 209 Å². The Morgan fingerprint density at radius 2 is 2.06 bits per heavy atom. The van der Waals surface area contributed by atoms with Crippen molar-refractivity contribution in [3.05, 3.63) is 25.3 Å². The summed E-state index contributed by atoms with van der Waals surface area (Å²) in [5.41, 5.74) is -1.91. The zero-order chi connectivity index (χ0) is 25.8. The summed E-state index contributed by atoms with van der Waals surface area (Å²) in [6.07, 6.45) is 7.87. The minimum absolute atomic E-state index is 0.0121. The minimum Gasteiger partial charge on any atom is -0.465 e. The van der Waals surface area contributed by atoms with Crippen molar-refractivity contribution in [3.63, 3.8) is 0 Å². The van der Waals surface area contributed by atoms with E-state index in [2.05, 4.69) is 20.1 Å². The Morgan fingerprint density at radius 1 is 1.31 bits per heavy atom. The van der Waals surface area contributed by atoms with E-state index in [4.69, 9.17) is 9.47 Å². The standard InChI is InChI=1S/C27H42N2O6/c1-6-9-18-34-25(33)21-20-23(31)29(16-10-11-17-30)22(27(20)14-13-26(21,5)35-27)24(32)28(15-8-3)19(4)12-7-2/h6,8,19-22,30H,1,3,7,9-18H2,2,4-5H3/t19?,20-,21-,22?,26+,27?/m0/s1. The van der Waals surface area contributed by atoms with Gasteiger partial charge in [-0.3, -0.25) is 14.4 Å². The largest absolute Gasteiger partial charge is 0.465 e. The van der Waals surface area contributed by atoms with Gasteiger partial charge in [0.25, 0.3) is 0 Å². The Bertz CT molecular complexity index is 830. The maximum atomic E-state index is 14.2. The van der Waals surface area contributed by atoms with Crippen LogP contribution in [0.15, 0.2) is 25.3 Å². The maximum Gasteiger partial charge on any atom is 0.312 e. The molecule has 2 amide bonds. The fourth-order valence-corrected chi connectivity index (χ4v) is 6.39. The molecule has 3 aliphatic rings. The lowest BCUT2D eigenvalue weighted by Crippen LogP contribution is -2.58. The number of aliphatic hydroxyl groups excluding tert-OH is 1. The Balaban J connectivity index is 2.01. The SMILES string of the molecule is C=CCCOC(=O)[C@@H]1[C@H]2C(=O)N(CCCCO)C(C(=O)N(CC=C)C(C)CCC)C23CC[C@@]1(C)O3. The Morgan fingerprint density at radius 3 is 2.69 bits per heavy atom. The normalized spacial score (nSPS) is 31.8. The van der Waals surface area contributed by atoms with Gasteiger partial charge in [-0.1, -0.05) is 25.5 Å². The van der Waals surface area contributed by atoms with Crippen molar-refractivity contribution in [3.8, 4) is 0 Å². The summed E-state index contributed by atoms with van der Waals surface area (Å²) in [7, 11) is 0. The van der Waals surface area contributed by atoms with Crippen LogP contribution in [0, 0.1) is 11.8 Å². The summed E-state index contributed by atoms with van der Waals surface area (Å²) in [5.74, 6) is -2.34. The van der Waals surface area contributed by atoms with Gasteiger partial charge in [0.15, 0.2) is 0 Å². The van der Waals surface area contributed by atoms with Gasteiger partial charge >= 0.3 is 5.97 Å². The van der Waals surface area contributed by atoms with E-state index in [9.17, 15) is 19.5 Å². The third kappa shape index (κ3) is 4.79. The van der Waals surface area contributed by atoms with Crippen molar-refractivity contribution in [2.24, 2.45) is 11.8 Å². The maximum absolute atomic E-state index is 14.2. The van der Waals surface area contributed by atoms with Gasteiger partial charge < -0.3 is 24.4 Å². The van der Waals surface area contributed by atoms with Gasteiger partial charge in [-0.15, -0.1) is 13.2 Å². The van der Waals surface area contributed by atoms with E-state index in [1.54, 1.807) is 22.0 Å². The highest BCUT2D eigenvalue weighted by atomic mass is 16.6. The number of amides is 2. The molecular formula is C27H42N2O6. The molecule has 35 heavy (non-hydrogen) atoms. The second kappa shape index (κ2) is 11.2. The van der Waals surface area contributed by atoms with Crippen LogP contribution in [0.1, 0.15) is 65.7 Å². The number of carbonyl (C=O) groups is 3. The lowest BCUT2D eigenvalue weighted by Gasteiger charge is -2.39. The molecule has 3 aliphatic heterocycles. The quantitative estimate of drug-likeness (QED) is 0.229. The molecule has 3 fully saturated rings. The zero-order valence-corrected chi connectivity index (χ0v) is 21.5. The van der Waals surface area contributed by atoms with Gasteiger partial charge in [0.1, 0.15) is 17.6 Å². The molecule has 196 valence electrons. The van der Waals surface area contributed by atoms with E-state index in [0.717, 1.165) is 12.8 Å². The molecule has 6 atom stereocenters. The van der Waals surface area contributed by atoms with Crippen LogP contribution in [0.3, 0.4) is 0 Å². The topological polar surface area (TPSA) is 96.4 Å². The van der Waals surface area contributed by atoms with Crippen molar-refractivity contribution < 1.29 is 29.0 Å².